The van der Waals surface area contributed by atoms with Crippen molar-refractivity contribution < 1.29 is 9.53 Å². The van der Waals surface area contributed by atoms with E-state index < -0.39 is 5.97 Å². The van der Waals surface area contributed by atoms with Gasteiger partial charge >= 0.3 is 5.97 Å². The largest absolute Gasteiger partial charge is 0.401 e. The summed E-state index contributed by atoms with van der Waals surface area (Å²) in [7, 11) is 0. The Morgan fingerprint density at radius 3 is 2.47 bits per heavy atom. The number of esters is 1. The molecular formula is C22H17Cl3N2O2S. The fourth-order valence-corrected chi connectivity index (χ4v) is 5.58. The standard InChI is InChI=1S/C22H17Cl3N2O2S/c1-3-27(4-2)14-7-5-12(6-8-14)9-16-22(28)29-21(26-16)20-19(25)18-15(24)10-13(23)11-17(18)30-20/h5-11H,3-4H2,1-2H3/b16-9-. The van der Waals surface area contributed by atoms with Crippen LogP contribution in [-0.4, -0.2) is 25.0 Å². The lowest BCUT2D eigenvalue weighted by atomic mass is 10.1. The highest BCUT2D eigenvalue weighted by Gasteiger charge is 2.28. The fraction of sp³-hybridized carbons (Fsp3) is 0.182. The van der Waals surface area contributed by atoms with Crippen molar-refractivity contribution in [3.05, 3.63) is 67.6 Å². The van der Waals surface area contributed by atoms with Gasteiger partial charge in [0.05, 0.1) is 10.0 Å². The van der Waals surface area contributed by atoms with Gasteiger partial charge in [0.15, 0.2) is 5.70 Å². The number of hydrogen-bond acceptors (Lipinski definition) is 5. The SMILES string of the molecule is CCN(CC)c1ccc(/C=C2\N=C(c3sc4cc(Cl)cc(Cl)c4c3Cl)OC2=O)cc1. The van der Waals surface area contributed by atoms with Gasteiger partial charge in [-0.3, -0.25) is 0 Å². The number of nitrogens with zero attached hydrogens (tertiary/aromatic N) is 2. The highest BCUT2D eigenvalue weighted by molar-refractivity contribution is 7.21. The minimum absolute atomic E-state index is 0.171. The second-order valence-electron chi connectivity index (χ2n) is 6.61. The Hall–Kier alpha value is -2.05. The molecule has 0 bridgehead atoms. The first-order chi connectivity index (χ1) is 14.4. The molecule has 1 aliphatic rings. The normalized spacial score (nSPS) is 15.0. The number of benzene rings is 2. The minimum atomic E-state index is -0.518. The molecule has 0 unspecified atom stereocenters. The van der Waals surface area contributed by atoms with Gasteiger partial charge in [-0.2, -0.15) is 0 Å². The summed E-state index contributed by atoms with van der Waals surface area (Å²) in [6, 6.07) is 11.4. The summed E-state index contributed by atoms with van der Waals surface area (Å²) < 4.78 is 6.20. The maximum Gasteiger partial charge on any atom is 0.363 e. The molecule has 2 heterocycles. The monoisotopic (exact) mass is 478 g/mol. The van der Waals surface area contributed by atoms with E-state index in [2.05, 4.69) is 23.7 Å². The van der Waals surface area contributed by atoms with Crippen molar-refractivity contribution in [1.82, 2.24) is 0 Å². The van der Waals surface area contributed by atoms with Crippen LogP contribution in [0.2, 0.25) is 15.1 Å². The lowest BCUT2D eigenvalue weighted by molar-refractivity contribution is -0.129. The van der Waals surface area contributed by atoms with Gasteiger partial charge in [-0.15, -0.1) is 11.3 Å². The summed E-state index contributed by atoms with van der Waals surface area (Å²) in [5.41, 5.74) is 2.21. The van der Waals surface area contributed by atoms with Crippen LogP contribution in [0, 0.1) is 0 Å². The molecule has 2 aromatic carbocycles. The van der Waals surface area contributed by atoms with E-state index in [0.29, 0.717) is 25.3 Å². The van der Waals surface area contributed by atoms with Crippen LogP contribution in [0.3, 0.4) is 0 Å². The van der Waals surface area contributed by atoms with Crippen LogP contribution < -0.4 is 4.90 Å². The van der Waals surface area contributed by atoms with E-state index in [-0.39, 0.29) is 11.6 Å². The number of cyclic esters (lactones) is 1. The second kappa shape index (κ2) is 8.60. The summed E-state index contributed by atoms with van der Waals surface area (Å²) in [5, 5.41) is 2.02. The van der Waals surface area contributed by atoms with Gasteiger partial charge in [-0.1, -0.05) is 46.9 Å². The number of halogens is 3. The predicted octanol–water partition coefficient (Wildman–Crippen LogP) is 7.05. The van der Waals surface area contributed by atoms with Crippen LogP contribution >= 0.6 is 46.1 Å². The molecule has 1 aliphatic heterocycles. The number of thiophene rings is 1. The van der Waals surface area contributed by atoms with Crippen LogP contribution in [0.15, 0.2) is 47.1 Å². The van der Waals surface area contributed by atoms with Crippen LogP contribution in [0.4, 0.5) is 5.69 Å². The molecule has 4 nitrogen and oxygen atoms in total. The summed E-state index contributed by atoms with van der Waals surface area (Å²) in [6.07, 6.45) is 1.70. The maximum absolute atomic E-state index is 12.4. The second-order valence-corrected chi connectivity index (χ2v) is 8.88. The molecule has 1 aromatic heterocycles. The van der Waals surface area contributed by atoms with Gasteiger partial charge in [0.2, 0.25) is 5.90 Å². The van der Waals surface area contributed by atoms with Crippen LogP contribution in [0.25, 0.3) is 16.2 Å². The van der Waals surface area contributed by atoms with Gasteiger partial charge in [-0.05, 0) is 49.8 Å². The van der Waals surface area contributed by atoms with Crippen LogP contribution in [0.1, 0.15) is 24.3 Å². The highest BCUT2D eigenvalue weighted by atomic mass is 35.5. The molecule has 30 heavy (non-hydrogen) atoms. The Balaban J connectivity index is 1.67. The lowest BCUT2D eigenvalue weighted by Gasteiger charge is -2.20. The van der Waals surface area contributed by atoms with E-state index in [9.17, 15) is 4.79 Å². The van der Waals surface area contributed by atoms with Crippen molar-refractivity contribution >= 4 is 79.9 Å². The molecule has 0 saturated carbocycles. The first-order valence-electron chi connectivity index (χ1n) is 9.36. The van der Waals surface area contributed by atoms with Gasteiger partial charge < -0.3 is 9.64 Å². The van der Waals surface area contributed by atoms with E-state index in [0.717, 1.165) is 29.0 Å². The quantitative estimate of drug-likeness (QED) is 0.291. The minimum Gasteiger partial charge on any atom is -0.401 e. The third kappa shape index (κ3) is 3.95. The molecule has 4 rings (SSSR count). The average Bonchev–Trinajstić information content (AvgIpc) is 3.23. The zero-order valence-corrected chi connectivity index (χ0v) is 19.3. The number of aliphatic imine (C=N–C) groups is 1. The number of rotatable bonds is 5. The summed E-state index contributed by atoms with van der Waals surface area (Å²) in [5.74, 6) is -0.347. The predicted molar refractivity (Wildman–Crippen MR) is 127 cm³/mol. The molecule has 154 valence electrons. The van der Waals surface area contributed by atoms with E-state index in [1.165, 1.54) is 11.3 Å². The third-order valence-corrected chi connectivity index (χ3v) is 6.92. The number of carbonyl (C=O) groups is 1. The molecule has 8 heteroatoms. The summed E-state index contributed by atoms with van der Waals surface area (Å²) in [6.45, 7) is 6.10. The van der Waals surface area contributed by atoms with E-state index in [4.69, 9.17) is 39.5 Å². The van der Waals surface area contributed by atoms with Gasteiger partial charge in [0, 0.05) is 33.9 Å². The zero-order valence-electron chi connectivity index (χ0n) is 16.2. The van der Waals surface area contributed by atoms with Gasteiger partial charge in [-0.25, -0.2) is 9.79 Å². The molecule has 0 fully saturated rings. The molecule has 0 amide bonds. The first kappa shape index (κ1) is 21.2. The van der Waals surface area contributed by atoms with Crippen molar-refractivity contribution in [2.45, 2.75) is 13.8 Å². The highest BCUT2D eigenvalue weighted by Crippen LogP contribution is 2.42. The number of fused-ring (bicyclic) bond motifs is 1. The molecule has 0 spiro atoms. The third-order valence-electron chi connectivity index (χ3n) is 4.79. The molecule has 0 aliphatic carbocycles. The zero-order chi connectivity index (χ0) is 21.4. The Morgan fingerprint density at radius 2 is 1.80 bits per heavy atom. The molecule has 0 atom stereocenters. The molecular weight excluding hydrogens is 463 g/mol. The van der Waals surface area contributed by atoms with Crippen molar-refractivity contribution in [2.24, 2.45) is 4.99 Å². The van der Waals surface area contributed by atoms with E-state index in [1.54, 1.807) is 18.2 Å². The topological polar surface area (TPSA) is 41.9 Å². The Morgan fingerprint density at radius 1 is 1.10 bits per heavy atom. The van der Waals surface area contributed by atoms with Crippen LogP contribution in [0.5, 0.6) is 0 Å². The maximum atomic E-state index is 12.4. The molecule has 0 radical (unpaired) electrons. The van der Waals surface area contributed by atoms with Crippen LogP contribution in [-0.2, 0) is 9.53 Å². The van der Waals surface area contributed by atoms with Gasteiger partial charge in [0.25, 0.3) is 0 Å². The summed E-state index contributed by atoms with van der Waals surface area (Å²) in [4.78, 5) is 19.6. The van der Waals surface area contributed by atoms with Crippen molar-refractivity contribution in [1.29, 1.82) is 0 Å². The average molecular weight is 480 g/mol. The molecule has 3 aromatic rings. The molecule has 0 N–H and O–H groups in total. The van der Waals surface area contributed by atoms with Crippen molar-refractivity contribution in [3.63, 3.8) is 0 Å². The number of ether oxygens (including phenoxy) is 1. The number of anilines is 1. The molecule has 0 saturated heterocycles. The first-order valence-corrected chi connectivity index (χ1v) is 11.3. The smallest absolute Gasteiger partial charge is 0.363 e. The number of hydrogen-bond donors (Lipinski definition) is 0. The summed E-state index contributed by atoms with van der Waals surface area (Å²) >= 11 is 20.2. The Kier molecular flexibility index (Phi) is 6.07. The van der Waals surface area contributed by atoms with E-state index in [1.807, 2.05) is 24.3 Å². The van der Waals surface area contributed by atoms with Crippen molar-refractivity contribution in [2.75, 3.05) is 18.0 Å². The van der Waals surface area contributed by atoms with Crippen molar-refractivity contribution in [3.8, 4) is 0 Å². The van der Waals surface area contributed by atoms with E-state index >= 15 is 0 Å². The van der Waals surface area contributed by atoms with Gasteiger partial charge in [0.1, 0.15) is 4.88 Å². The fourth-order valence-electron chi connectivity index (χ4n) is 3.28. The Bertz CT molecular complexity index is 1200. The Labute approximate surface area is 193 Å². The number of carbonyl (C=O) groups excluding carboxylic acids is 1. The lowest BCUT2D eigenvalue weighted by Crippen LogP contribution is -2.21.